The minimum absolute atomic E-state index is 0.490. The van der Waals surface area contributed by atoms with Crippen molar-refractivity contribution in [1.82, 2.24) is 5.32 Å². The first kappa shape index (κ1) is 13.9. The molecule has 1 rings (SSSR count). The van der Waals surface area contributed by atoms with Crippen LogP contribution in [0.2, 0.25) is 0 Å². The molecule has 16 heavy (non-hydrogen) atoms. The third-order valence-electron chi connectivity index (χ3n) is 2.32. The van der Waals surface area contributed by atoms with Crippen LogP contribution in [0.15, 0.2) is 0 Å². The van der Waals surface area contributed by atoms with Crippen molar-refractivity contribution in [2.75, 3.05) is 6.61 Å². The summed E-state index contributed by atoms with van der Waals surface area (Å²) >= 11 is 2.26. The van der Waals surface area contributed by atoms with Crippen molar-refractivity contribution < 1.29 is 30.0 Å². The number of ether oxygens (including phenoxy) is 1. The zero-order valence-corrected chi connectivity index (χ0v) is 10.2. The van der Waals surface area contributed by atoms with Gasteiger partial charge in [-0.05, 0) is 0 Å². The predicted molar refractivity (Wildman–Crippen MR) is 52.3 cm³/mol. The Morgan fingerprint density at radius 3 is 2.50 bits per heavy atom. The molecule has 0 saturated carbocycles. The maximum absolute atomic E-state index is 10.9. The van der Waals surface area contributed by atoms with Crippen LogP contribution in [0.4, 0.5) is 0 Å². The molecule has 0 aromatic carbocycles. The molecule has 0 spiro atoms. The Balaban J connectivity index is 2.87. The molecule has 1 aliphatic heterocycles. The second-order valence-electron chi connectivity index (χ2n) is 3.63. The molecule has 5 atom stereocenters. The van der Waals surface area contributed by atoms with Gasteiger partial charge in [-0.15, -0.1) is 0 Å². The topological polar surface area (TPSA) is 119 Å². The van der Waals surface area contributed by atoms with E-state index in [0.717, 1.165) is 0 Å². The van der Waals surface area contributed by atoms with Gasteiger partial charge in [0.05, 0.1) is 0 Å². The first-order valence-electron chi connectivity index (χ1n) is 4.64. The second kappa shape index (κ2) is 4.97. The summed E-state index contributed by atoms with van der Waals surface area (Å²) in [6.45, 7) is 0.641. The first-order valence-corrected chi connectivity index (χ1v) is 5.50. The number of rotatable bonds is 2. The van der Waals surface area contributed by atoms with Gasteiger partial charge in [0.15, 0.2) is 0 Å². The Labute approximate surface area is 100 Å². The average molecular weight is 299 g/mol. The molecule has 0 aromatic heterocycles. The summed E-state index contributed by atoms with van der Waals surface area (Å²) in [5.41, 5.74) is 0. The monoisotopic (exact) mass is 300 g/mol. The molecular weight excluding hydrogens is 285 g/mol. The van der Waals surface area contributed by atoms with Crippen molar-refractivity contribution in [2.24, 2.45) is 0 Å². The molecule has 1 heterocycles. The molecule has 7 nitrogen and oxygen atoms in total. The third kappa shape index (κ3) is 2.72. The van der Waals surface area contributed by atoms with Gasteiger partial charge >= 0.3 is 99.8 Å². The normalized spacial score (nSPS) is 44.1. The molecule has 1 aliphatic rings. The van der Waals surface area contributed by atoms with Crippen molar-refractivity contribution in [2.45, 2.75) is 36.0 Å². The number of hydrogen-bond acceptors (Lipinski definition) is 6. The number of amides is 1. The number of aliphatic hydroxyl groups excluding tert-OH is 3. The molecule has 1 fully saturated rings. The number of hydrogen-bond donors (Lipinski definition) is 5. The summed E-state index contributed by atoms with van der Waals surface area (Å²) in [7, 11) is 0. The van der Waals surface area contributed by atoms with E-state index in [1.807, 2.05) is 0 Å². The number of carbonyl (C=O) groups excluding carboxylic acids is 1. The number of nitrogens with one attached hydrogen (secondary N) is 1. The van der Waals surface area contributed by atoms with Crippen molar-refractivity contribution in [3.8, 4) is 0 Å². The Bertz CT molecular complexity index is 273. The summed E-state index contributed by atoms with van der Waals surface area (Å²) < 4.78 is 2.97. The van der Waals surface area contributed by atoms with E-state index in [2.05, 4.69) is 21.3 Å². The van der Waals surface area contributed by atoms with Crippen molar-refractivity contribution in [3.63, 3.8) is 0 Å². The summed E-state index contributed by atoms with van der Waals surface area (Å²) in [6, 6.07) is -1.21. The fraction of sp³-hybridized carbons (Fsp3) is 0.875. The van der Waals surface area contributed by atoms with E-state index in [1.54, 1.807) is 0 Å². The first-order chi connectivity index (χ1) is 7.29. The van der Waals surface area contributed by atoms with Gasteiger partial charge in [-0.2, -0.15) is 0 Å². The van der Waals surface area contributed by atoms with Gasteiger partial charge < -0.3 is 0 Å². The fourth-order valence-corrected chi connectivity index (χ4v) is 2.21. The van der Waals surface area contributed by atoms with Gasteiger partial charge in [0, 0.05) is 0 Å². The zero-order valence-electron chi connectivity index (χ0n) is 8.53. The molecule has 0 aliphatic carbocycles. The fourth-order valence-electron chi connectivity index (χ4n) is 1.53. The van der Waals surface area contributed by atoms with Crippen LogP contribution in [-0.2, 0) is 9.53 Å². The summed E-state index contributed by atoms with van der Waals surface area (Å²) in [5.74, 6) is -0.490. The Kier molecular flexibility index (Phi) is 4.30. The van der Waals surface area contributed by atoms with Crippen LogP contribution >= 0.6 is 0 Å². The summed E-state index contributed by atoms with van der Waals surface area (Å²) in [4.78, 5) is 10.9. The van der Waals surface area contributed by atoms with Gasteiger partial charge in [0.2, 0.25) is 0 Å². The second-order valence-corrected chi connectivity index (χ2v) is 4.86. The van der Waals surface area contributed by atoms with Crippen molar-refractivity contribution in [3.05, 3.63) is 0 Å². The van der Waals surface area contributed by atoms with Gasteiger partial charge in [0.1, 0.15) is 0 Å². The minimum atomic E-state index is -1.97. The van der Waals surface area contributed by atoms with E-state index in [9.17, 15) is 20.1 Å². The quantitative estimate of drug-likeness (QED) is 0.336. The van der Waals surface area contributed by atoms with Gasteiger partial charge in [-0.25, -0.2) is 0 Å². The number of carbonyl (C=O) groups is 1. The molecule has 0 unspecified atom stereocenters. The molecule has 93 valence electrons. The van der Waals surface area contributed by atoms with Crippen LogP contribution < -0.4 is 5.32 Å². The van der Waals surface area contributed by atoms with Crippen LogP contribution in [0.5, 0.6) is 0 Å². The van der Waals surface area contributed by atoms with Gasteiger partial charge in [-0.3, -0.25) is 0 Å². The van der Waals surface area contributed by atoms with E-state index in [1.165, 1.54) is 6.92 Å². The van der Waals surface area contributed by atoms with Crippen LogP contribution in [0.1, 0.15) is 6.92 Å². The summed E-state index contributed by atoms with van der Waals surface area (Å²) in [5, 5.41) is 40.2. The molecule has 1 amide bonds. The number of aliphatic hydroxyl groups is 4. The van der Waals surface area contributed by atoms with E-state index in [-0.39, 0.29) is 0 Å². The van der Waals surface area contributed by atoms with Gasteiger partial charge in [0.25, 0.3) is 0 Å². The van der Waals surface area contributed by atoms with E-state index >= 15 is 0 Å². The van der Waals surface area contributed by atoms with Crippen LogP contribution in [0.25, 0.3) is 0 Å². The van der Waals surface area contributed by atoms with E-state index in [0.29, 0.717) is 0 Å². The van der Waals surface area contributed by atoms with E-state index < -0.39 is 41.6 Å². The zero-order chi connectivity index (χ0) is 12.5. The molecule has 1 radical (unpaired) electrons. The standard InChI is InChI=1S/C8H14NO6Se/c1-3(11)9-7-6(13)5(12)4(2-10)15-8(7,14)16/h4-7,10,12-14H,2H2,1H3,(H,9,11)/t4-,5-,6+,7-,8+/m1/s1. The Hall–Kier alpha value is -0.211. The van der Waals surface area contributed by atoms with Crippen LogP contribution in [0.3, 0.4) is 0 Å². The van der Waals surface area contributed by atoms with Crippen molar-refractivity contribution >= 4 is 21.9 Å². The Morgan fingerprint density at radius 2 is 2.06 bits per heavy atom. The Morgan fingerprint density at radius 1 is 1.50 bits per heavy atom. The molecular formula is C8H14NO6Se. The van der Waals surface area contributed by atoms with Crippen LogP contribution in [0, 0.1) is 0 Å². The van der Waals surface area contributed by atoms with E-state index in [4.69, 9.17) is 9.84 Å². The maximum atomic E-state index is 10.9. The molecule has 1 saturated heterocycles. The van der Waals surface area contributed by atoms with Gasteiger partial charge in [-0.1, -0.05) is 0 Å². The molecule has 8 heteroatoms. The van der Waals surface area contributed by atoms with Crippen molar-refractivity contribution in [1.29, 1.82) is 0 Å². The summed E-state index contributed by atoms with van der Waals surface area (Å²) in [6.07, 6.45) is -3.96. The molecule has 0 bridgehead atoms. The third-order valence-corrected chi connectivity index (χ3v) is 3.06. The van der Waals surface area contributed by atoms with Crippen LogP contribution in [-0.4, -0.2) is 78.0 Å². The predicted octanol–water partition coefficient (Wildman–Crippen LogP) is -3.58. The SMILES string of the molecule is CC(=O)N[C@@H]1[C@@H](O)[C@H](O)[C@@H](CO)O[C@]1(O)[Se]. The average Bonchev–Trinajstić information content (AvgIpc) is 2.18. The molecule has 0 aromatic rings. The molecule has 5 N–H and O–H groups in total.